The van der Waals surface area contributed by atoms with E-state index in [2.05, 4.69) is 10.9 Å². The lowest BCUT2D eigenvalue weighted by Gasteiger charge is -2.51. The van der Waals surface area contributed by atoms with Crippen LogP contribution >= 0.6 is 11.6 Å². The van der Waals surface area contributed by atoms with E-state index in [1.165, 1.54) is 11.6 Å². The summed E-state index contributed by atoms with van der Waals surface area (Å²) in [5.74, 6) is 0.808. The van der Waals surface area contributed by atoms with Gasteiger partial charge in [-0.05, 0) is 55.7 Å². The number of allylic oxidation sites excluding steroid dienone is 2. The van der Waals surface area contributed by atoms with Crippen molar-refractivity contribution in [2.24, 2.45) is 11.8 Å². The summed E-state index contributed by atoms with van der Waals surface area (Å²) in [6, 6.07) is 6.55. The molecule has 3 N–H and O–H groups in total. The van der Waals surface area contributed by atoms with Gasteiger partial charge in [0.2, 0.25) is 0 Å². The second-order valence-corrected chi connectivity index (χ2v) is 7.65. The molecular weight excluding hydrogens is 300 g/mol. The first-order valence-corrected chi connectivity index (χ1v) is 8.17. The van der Waals surface area contributed by atoms with Crippen molar-refractivity contribution in [3.63, 3.8) is 0 Å². The highest BCUT2D eigenvalue weighted by molar-refractivity contribution is 6.24. The highest BCUT2D eigenvalue weighted by Crippen LogP contribution is 2.57. The minimum Gasteiger partial charge on any atom is -0.507 e. The normalized spacial score (nSPS) is 32.2. The lowest BCUT2D eigenvalue weighted by Crippen LogP contribution is -2.50. The van der Waals surface area contributed by atoms with Crippen molar-refractivity contribution in [2.45, 2.75) is 37.0 Å². The highest BCUT2D eigenvalue weighted by Gasteiger charge is 2.49. The molecule has 0 aromatic heterocycles. The topological polar surface area (TPSA) is 61.4 Å². The molecule has 0 aliphatic heterocycles. The molecule has 0 saturated heterocycles. The van der Waals surface area contributed by atoms with Gasteiger partial charge in [0.15, 0.2) is 0 Å². The van der Waals surface area contributed by atoms with E-state index < -0.39 is 0 Å². The fourth-order valence-electron chi connectivity index (χ4n) is 4.48. The molecule has 0 radical (unpaired) electrons. The lowest BCUT2D eigenvalue weighted by atomic mass is 9.59. The van der Waals surface area contributed by atoms with Crippen LogP contribution in [-0.4, -0.2) is 15.9 Å². The number of amides is 1. The van der Waals surface area contributed by atoms with Crippen LogP contribution in [0.4, 0.5) is 0 Å². The van der Waals surface area contributed by atoms with Gasteiger partial charge < -0.3 is 10.5 Å². The number of para-hydroxylation sites is 1. The molecule has 3 unspecified atom stereocenters. The highest BCUT2D eigenvalue weighted by atomic mass is 35.5. The summed E-state index contributed by atoms with van der Waals surface area (Å²) in [5.41, 5.74) is 8.64. The smallest absolute Gasteiger partial charge is 0.273 e. The third-order valence-electron chi connectivity index (χ3n) is 5.20. The summed E-state index contributed by atoms with van der Waals surface area (Å²) in [6.07, 6.45) is 5.30. The third kappa shape index (κ3) is 2.26. The van der Waals surface area contributed by atoms with Gasteiger partial charge in [0.1, 0.15) is 5.75 Å². The van der Waals surface area contributed by atoms with E-state index in [0.29, 0.717) is 11.8 Å². The largest absolute Gasteiger partial charge is 0.507 e. The molecule has 1 amide bonds. The van der Waals surface area contributed by atoms with Crippen LogP contribution < -0.4 is 10.9 Å². The van der Waals surface area contributed by atoms with Crippen molar-refractivity contribution in [2.75, 3.05) is 0 Å². The van der Waals surface area contributed by atoms with E-state index in [1.807, 2.05) is 0 Å². The zero-order valence-electron chi connectivity index (χ0n) is 12.2. The van der Waals surface area contributed by atoms with Crippen LogP contribution in [0.3, 0.4) is 0 Å². The van der Waals surface area contributed by atoms with E-state index in [-0.39, 0.29) is 22.1 Å². The lowest BCUT2D eigenvalue weighted by molar-refractivity contribution is 0.0925. The average Bonchev–Trinajstić information content (AvgIpc) is 2.45. The molecule has 22 heavy (non-hydrogen) atoms. The number of nitrogens with one attached hydrogen (secondary N) is 2. The number of phenolic OH excluding ortho intramolecular Hbond substituents is 1. The number of hydrogen-bond donors (Lipinski definition) is 3. The van der Waals surface area contributed by atoms with Crippen LogP contribution in [0.15, 0.2) is 35.5 Å². The van der Waals surface area contributed by atoms with Gasteiger partial charge in [-0.2, -0.15) is 0 Å². The minimum absolute atomic E-state index is 0.00996. The Bertz CT molecular complexity index is 672. The monoisotopic (exact) mass is 318 g/mol. The van der Waals surface area contributed by atoms with Gasteiger partial charge in [-0.25, -0.2) is 0 Å². The number of rotatable bonds is 3. The Kier molecular flexibility index (Phi) is 3.12. The molecule has 1 aromatic carbocycles. The SMILES string of the molecule is O=C(NNC1=C2CC3CC1CC(Cl)(C2)C3)c1ccccc1O. The molecule has 5 heteroatoms. The van der Waals surface area contributed by atoms with Gasteiger partial charge in [0.25, 0.3) is 5.91 Å². The summed E-state index contributed by atoms with van der Waals surface area (Å²) in [5, 5.41) is 9.74. The fourth-order valence-corrected chi connectivity index (χ4v) is 5.04. The Labute approximate surface area is 134 Å². The van der Waals surface area contributed by atoms with Gasteiger partial charge in [-0.1, -0.05) is 12.1 Å². The molecule has 4 bridgehead atoms. The van der Waals surface area contributed by atoms with Gasteiger partial charge in [0, 0.05) is 16.5 Å². The second-order valence-electron chi connectivity index (χ2n) is 6.85. The molecule has 4 aliphatic rings. The third-order valence-corrected chi connectivity index (χ3v) is 5.64. The van der Waals surface area contributed by atoms with E-state index in [4.69, 9.17) is 11.6 Å². The number of alkyl halides is 1. The number of aromatic hydroxyl groups is 1. The number of halogens is 1. The maximum Gasteiger partial charge on any atom is 0.273 e. The summed E-state index contributed by atoms with van der Waals surface area (Å²) in [7, 11) is 0. The van der Waals surface area contributed by atoms with Gasteiger partial charge in [-0.15, -0.1) is 11.6 Å². The minimum atomic E-state index is -0.319. The predicted molar refractivity (Wildman–Crippen MR) is 84.4 cm³/mol. The first kappa shape index (κ1) is 13.9. The van der Waals surface area contributed by atoms with Crippen LogP contribution in [0.2, 0.25) is 0 Å². The van der Waals surface area contributed by atoms with Crippen molar-refractivity contribution in [1.82, 2.24) is 10.9 Å². The van der Waals surface area contributed by atoms with E-state index in [1.54, 1.807) is 18.2 Å². The molecule has 3 atom stereocenters. The maximum absolute atomic E-state index is 12.2. The first-order valence-electron chi connectivity index (χ1n) is 7.79. The average molecular weight is 319 g/mol. The molecule has 0 heterocycles. The van der Waals surface area contributed by atoms with Gasteiger partial charge >= 0.3 is 0 Å². The van der Waals surface area contributed by atoms with Crippen LogP contribution in [0.1, 0.15) is 42.5 Å². The molecule has 116 valence electrons. The number of hydrogen-bond acceptors (Lipinski definition) is 3. The van der Waals surface area contributed by atoms with E-state index in [9.17, 15) is 9.90 Å². The second kappa shape index (κ2) is 4.92. The Morgan fingerprint density at radius 2 is 2.14 bits per heavy atom. The maximum atomic E-state index is 12.2. The number of hydrazine groups is 1. The first-order chi connectivity index (χ1) is 10.5. The molecule has 2 saturated carbocycles. The van der Waals surface area contributed by atoms with Crippen LogP contribution in [-0.2, 0) is 0 Å². The summed E-state index contributed by atoms with van der Waals surface area (Å²) in [4.78, 5) is 12.1. The van der Waals surface area contributed by atoms with Gasteiger partial charge in [0.05, 0.1) is 5.56 Å². The van der Waals surface area contributed by atoms with Crippen LogP contribution in [0, 0.1) is 11.8 Å². The van der Waals surface area contributed by atoms with Crippen molar-refractivity contribution < 1.29 is 9.90 Å². The number of phenols is 1. The Balaban J connectivity index is 1.50. The van der Waals surface area contributed by atoms with E-state index >= 15 is 0 Å². The van der Waals surface area contributed by atoms with Crippen LogP contribution in [0.5, 0.6) is 5.75 Å². The summed E-state index contributed by atoms with van der Waals surface area (Å²) in [6.45, 7) is 0. The summed E-state index contributed by atoms with van der Waals surface area (Å²) < 4.78 is 0. The quantitative estimate of drug-likeness (QED) is 0.593. The summed E-state index contributed by atoms with van der Waals surface area (Å²) >= 11 is 6.69. The molecule has 4 nitrogen and oxygen atoms in total. The van der Waals surface area contributed by atoms with Crippen molar-refractivity contribution in [3.05, 3.63) is 41.1 Å². The fraction of sp³-hybridized carbons (Fsp3) is 0.471. The molecule has 2 fully saturated rings. The zero-order valence-corrected chi connectivity index (χ0v) is 13.0. The Morgan fingerprint density at radius 1 is 1.32 bits per heavy atom. The van der Waals surface area contributed by atoms with Gasteiger partial charge in [-0.3, -0.25) is 10.2 Å². The van der Waals surface area contributed by atoms with Crippen molar-refractivity contribution in [1.29, 1.82) is 0 Å². The zero-order chi connectivity index (χ0) is 15.3. The van der Waals surface area contributed by atoms with E-state index in [0.717, 1.165) is 37.8 Å². The number of carbonyl (C=O) groups is 1. The molecule has 1 aromatic rings. The standard InChI is InChI=1S/C17H19ClN2O2/c18-17-7-10-5-11(8-17)15(12(6-10)9-17)19-20-16(22)13-3-1-2-4-14(13)21/h1-4,10-11,19,21H,5-9H2,(H,20,22). The van der Waals surface area contributed by atoms with Crippen molar-refractivity contribution in [3.8, 4) is 5.75 Å². The molecule has 4 aliphatic carbocycles. The Hall–Kier alpha value is -1.68. The Morgan fingerprint density at radius 3 is 2.86 bits per heavy atom. The molecule has 5 rings (SSSR count). The number of benzene rings is 1. The predicted octanol–water partition coefficient (Wildman–Crippen LogP) is 3.08. The molecular formula is C17H19ClN2O2. The van der Waals surface area contributed by atoms with Crippen LogP contribution in [0.25, 0.3) is 0 Å². The molecule has 0 spiro atoms. The number of carbonyl (C=O) groups excluding carboxylic acids is 1. The van der Waals surface area contributed by atoms with Crippen molar-refractivity contribution >= 4 is 17.5 Å².